The van der Waals surface area contributed by atoms with Crippen LogP contribution in [0.3, 0.4) is 0 Å². The summed E-state index contributed by atoms with van der Waals surface area (Å²) in [4.78, 5) is 23.1. The van der Waals surface area contributed by atoms with Gasteiger partial charge in [-0.1, -0.05) is 20.3 Å². The Hall–Kier alpha value is -1.26. The van der Waals surface area contributed by atoms with Gasteiger partial charge in [0.25, 0.3) is 0 Å². The largest absolute Gasteiger partial charge is 0.480 e. The van der Waals surface area contributed by atoms with Crippen LogP contribution in [0.25, 0.3) is 0 Å². The normalized spacial score (nSPS) is 21.6. The third-order valence-electron chi connectivity index (χ3n) is 4.07. The molecule has 0 spiro atoms. The zero-order chi connectivity index (χ0) is 13.9. The van der Waals surface area contributed by atoms with Crippen molar-refractivity contribution in [3.63, 3.8) is 0 Å². The fourth-order valence-corrected chi connectivity index (χ4v) is 1.97. The highest BCUT2D eigenvalue weighted by Crippen LogP contribution is 2.39. The van der Waals surface area contributed by atoms with E-state index in [2.05, 4.69) is 24.5 Å². The number of hydrogen-bond acceptors (Lipinski definition) is 2. The van der Waals surface area contributed by atoms with E-state index in [9.17, 15) is 14.7 Å². The average molecular weight is 256 g/mol. The van der Waals surface area contributed by atoms with Gasteiger partial charge < -0.3 is 15.7 Å². The Labute approximate surface area is 108 Å². The molecule has 0 aromatic heterocycles. The number of carboxylic acid groups (broad SMARTS) is 1. The van der Waals surface area contributed by atoms with Crippen molar-refractivity contribution in [2.24, 2.45) is 11.8 Å². The first kappa shape index (κ1) is 14.8. The Morgan fingerprint density at radius 3 is 2.33 bits per heavy atom. The Kier molecular flexibility index (Phi) is 4.59. The molecule has 1 saturated carbocycles. The van der Waals surface area contributed by atoms with Gasteiger partial charge in [-0.25, -0.2) is 9.59 Å². The smallest absolute Gasteiger partial charge is 0.329 e. The van der Waals surface area contributed by atoms with Crippen molar-refractivity contribution in [1.29, 1.82) is 0 Å². The van der Waals surface area contributed by atoms with Crippen molar-refractivity contribution < 1.29 is 14.7 Å². The number of carbonyl (C=O) groups is 2. The first-order chi connectivity index (χ1) is 8.31. The minimum Gasteiger partial charge on any atom is -0.480 e. The highest BCUT2D eigenvalue weighted by Gasteiger charge is 2.48. The fraction of sp³-hybridized carbons (Fsp3) is 0.846. The number of urea groups is 1. The zero-order valence-corrected chi connectivity index (χ0v) is 11.6. The molecule has 3 N–H and O–H groups in total. The zero-order valence-electron chi connectivity index (χ0n) is 11.6. The molecule has 0 bridgehead atoms. The van der Waals surface area contributed by atoms with Gasteiger partial charge in [0.1, 0.15) is 5.54 Å². The summed E-state index contributed by atoms with van der Waals surface area (Å²) >= 11 is 0. The van der Waals surface area contributed by atoms with Crippen molar-refractivity contribution in [3.8, 4) is 0 Å². The lowest BCUT2D eigenvalue weighted by Gasteiger charge is -2.28. The summed E-state index contributed by atoms with van der Waals surface area (Å²) in [5.41, 5.74) is -1.14. The van der Waals surface area contributed by atoms with E-state index in [1.54, 1.807) is 6.92 Å². The molecule has 0 aromatic rings. The van der Waals surface area contributed by atoms with Gasteiger partial charge in [0.15, 0.2) is 0 Å². The van der Waals surface area contributed by atoms with Crippen LogP contribution in [0.15, 0.2) is 0 Å². The number of aliphatic carboxylic acids is 1. The molecule has 0 aliphatic heterocycles. The predicted molar refractivity (Wildman–Crippen MR) is 69.3 cm³/mol. The molecule has 1 rings (SSSR count). The van der Waals surface area contributed by atoms with Crippen LogP contribution in [-0.4, -0.2) is 28.7 Å². The van der Waals surface area contributed by atoms with Crippen LogP contribution in [-0.2, 0) is 4.79 Å². The molecule has 1 aliphatic carbocycles. The van der Waals surface area contributed by atoms with Gasteiger partial charge in [0.05, 0.1) is 0 Å². The molecule has 0 radical (unpaired) electrons. The van der Waals surface area contributed by atoms with E-state index in [-0.39, 0.29) is 18.0 Å². The highest BCUT2D eigenvalue weighted by molar-refractivity contribution is 5.86. The maximum Gasteiger partial charge on any atom is 0.329 e. The number of amides is 2. The molecular weight excluding hydrogens is 232 g/mol. The van der Waals surface area contributed by atoms with Crippen molar-refractivity contribution >= 4 is 12.0 Å². The molecule has 3 atom stereocenters. The lowest BCUT2D eigenvalue weighted by molar-refractivity contribution is -0.144. The third kappa shape index (κ3) is 3.37. The van der Waals surface area contributed by atoms with Crippen LogP contribution in [0.2, 0.25) is 0 Å². The van der Waals surface area contributed by atoms with Crippen molar-refractivity contribution in [1.82, 2.24) is 10.6 Å². The Morgan fingerprint density at radius 2 is 1.94 bits per heavy atom. The van der Waals surface area contributed by atoms with Crippen molar-refractivity contribution in [2.75, 3.05) is 0 Å². The van der Waals surface area contributed by atoms with Gasteiger partial charge >= 0.3 is 12.0 Å². The van der Waals surface area contributed by atoms with E-state index in [0.29, 0.717) is 5.92 Å². The van der Waals surface area contributed by atoms with Crippen molar-refractivity contribution in [2.45, 2.75) is 58.5 Å². The van der Waals surface area contributed by atoms with Gasteiger partial charge in [-0.2, -0.15) is 0 Å². The predicted octanol–water partition coefficient (Wildman–Crippen LogP) is 1.97. The molecule has 0 saturated heterocycles. The molecular formula is C13H24N2O3. The molecule has 5 heteroatoms. The SMILES string of the molecule is CCC(C)C(C)NC(=O)NC(C)(C(=O)O)C1CC1. The molecule has 2 amide bonds. The summed E-state index contributed by atoms with van der Waals surface area (Å²) in [7, 11) is 0. The molecule has 5 nitrogen and oxygen atoms in total. The van der Waals surface area contributed by atoms with Crippen LogP contribution >= 0.6 is 0 Å². The number of hydrogen-bond donors (Lipinski definition) is 3. The molecule has 18 heavy (non-hydrogen) atoms. The first-order valence-corrected chi connectivity index (χ1v) is 6.63. The minimum atomic E-state index is -1.14. The number of carbonyl (C=O) groups excluding carboxylic acids is 1. The maximum absolute atomic E-state index is 11.8. The molecule has 3 unspecified atom stereocenters. The lowest BCUT2D eigenvalue weighted by Crippen LogP contribution is -2.58. The average Bonchev–Trinajstić information content (AvgIpc) is 3.11. The summed E-state index contributed by atoms with van der Waals surface area (Å²) in [6, 6.07) is -0.355. The topological polar surface area (TPSA) is 78.4 Å². The van der Waals surface area contributed by atoms with Gasteiger partial charge in [-0.05, 0) is 38.5 Å². The summed E-state index contributed by atoms with van der Waals surface area (Å²) in [5, 5.41) is 14.7. The van der Waals surface area contributed by atoms with Gasteiger partial charge in [-0.15, -0.1) is 0 Å². The summed E-state index contributed by atoms with van der Waals surface area (Å²) < 4.78 is 0. The van der Waals surface area contributed by atoms with Crippen LogP contribution in [0.1, 0.15) is 47.0 Å². The summed E-state index contributed by atoms with van der Waals surface area (Å²) in [6.07, 6.45) is 2.70. The summed E-state index contributed by atoms with van der Waals surface area (Å²) in [5.74, 6) is -0.538. The quantitative estimate of drug-likeness (QED) is 0.680. The Bertz CT molecular complexity index is 328. The second-order valence-corrected chi connectivity index (χ2v) is 5.55. The van der Waals surface area contributed by atoms with E-state index in [0.717, 1.165) is 19.3 Å². The van der Waals surface area contributed by atoms with Gasteiger partial charge in [0.2, 0.25) is 0 Å². The second kappa shape index (κ2) is 5.59. The Balaban J connectivity index is 2.55. The van der Waals surface area contributed by atoms with Crippen LogP contribution in [0, 0.1) is 11.8 Å². The third-order valence-corrected chi connectivity index (χ3v) is 4.07. The minimum absolute atomic E-state index is 0.0345. The second-order valence-electron chi connectivity index (χ2n) is 5.55. The van der Waals surface area contributed by atoms with Crippen molar-refractivity contribution in [3.05, 3.63) is 0 Å². The Morgan fingerprint density at radius 1 is 1.39 bits per heavy atom. The number of nitrogens with one attached hydrogen (secondary N) is 2. The van der Waals surface area contributed by atoms with Gasteiger partial charge in [0, 0.05) is 6.04 Å². The monoisotopic (exact) mass is 256 g/mol. The van der Waals surface area contributed by atoms with Crippen LogP contribution < -0.4 is 10.6 Å². The molecule has 0 aromatic carbocycles. The number of carboxylic acids is 1. The lowest BCUT2D eigenvalue weighted by atomic mass is 9.96. The van der Waals surface area contributed by atoms with E-state index >= 15 is 0 Å². The van der Waals surface area contributed by atoms with Crippen LogP contribution in [0.4, 0.5) is 4.79 Å². The highest BCUT2D eigenvalue weighted by atomic mass is 16.4. The van der Waals surface area contributed by atoms with E-state index in [1.807, 2.05) is 6.92 Å². The first-order valence-electron chi connectivity index (χ1n) is 6.63. The molecule has 1 fully saturated rings. The standard InChI is InChI=1S/C13H24N2O3/c1-5-8(2)9(3)14-12(18)15-13(4,11(16)17)10-6-7-10/h8-10H,5-7H2,1-4H3,(H,16,17)(H2,14,15,18). The fourth-order valence-electron chi connectivity index (χ4n) is 1.97. The summed E-state index contributed by atoms with van der Waals surface area (Å²) in [6.45, 7) is 7.64. The molecule has 1 aliphatic rings. The number of rotatable bonds is 6. The van der Waals surface area contributed by atoms with E-state index < -0.39 is 11.5 Å². The van der Waals surface area contributed by atoms with Crippen LogP contribution in [0.5, 0.6) is 0 Å². The molecule has 0 heterocycles. The van der Waals surface area contributed by atoms with E-state index in [4.69, 9.17) is 0 Å². The van der Waals surface area contributed by atoms with E-state index in [1.165, 1.54) is 0 Å². The maximum atomic E-state index is 11.8. The van der Waals surface area contributed by atoms with Gasteiger partial charge in [-0.3, -0.25) is 0 Å². The molecule has 104 valence electrons.